The Morgan fingerprint density at radius 1 is 1.30 bits per heavy atom. The number of ether oxygens (including phenoxy) is 1. The lowest BCUT2D eigenvalue weighted by atomic mass is 9.93. The molecule has 1 fully saturated rings. The summed E-state index contributed by atoms with van der Waals surface area (Å²) in [6, 6.07) is 5.71. The van der Waals surface area contributed by atoms with Gasteiger partial charge in [-0.25, -0.2) is 13.4 Å². The molecule has 0 N–H and O–H groups in total. The molecule has 8 heteroatoms. The maximum Gasteiger partial charge on any atom is 0.262 e. The Morgan fingerprint density at radius 3 is 2.74 bits per heavy atom. The molecule has 0 spiro atoms. The van der Waals surface area contributed by atoms with Crippen molar-refractivity contribution in [1.82, 2.24) is 18.8 Å². The topological polar surface area (TPSA) is 77.3 Å². The second-order valence-electron chi connectivity index (χ2n) is 5.78. The van der Waals surface area contributed by atoms with Crippen LogP contribution in [0, 0.1) is 5.92 Å². The van der Waals surface area contributed by atoms with Gasteiger partial charge in [-0.05, 0) is 12.1 Å². The number of hydrogen-bond donors (Lipinski definition) is 0. The van der Waals surface area contributed by atoms with E-state index in [4.69, 9.17) is 4.74 Å². The van der Waals surface area contributed by atoms with Gasteiger partial charge in [0.05, 0.1) is 12.9 Å². The van der Waals surface area contributed by atoms with E-state index in [1.807, 2.05) is 18.2 Å². The molecule has 0 aromatic carbocycles. The lowest BCUT2D eigenvalue weighted by molar-refractivity contribution is 0.150. The first-order valence-corrected chi connectivity index (χ1v) is 8.84. The minimum absolute atomic E-state index is 0.0228. The maximum atomic E-state index is 12.8. The minimum atomic E-state index is -3.59. The highest BCUT2D eigenvalue weighted by Crippen LogP contribution is 2.34. The number of rotatable bonds is 5. The van der Waals surface area contributed by atoms with Crippen molar-refractivity contribution < 1.29 is 13.2 Å². The Balaban J connectivity index is 1.88. The van der Waals surface area contributed by atoms with Crippen LogP contribution < -0.4 is 0 Å². The first-order valence-electron chi connectivity index (χ1n) is 7.40. The fourth-order valence-electron chi connectivity index (χ4n) is 3.00. The van der Waals surface area contributed by atoms with Crippen LogP contribution in [0.4, 0.5) is 0 Å². The number of sulfonamides is 1. The average molecular weight is 336 g/mol. The summed E-state index contributed by atoms with van der Waals surface area (Å²) in [5.41, 5.74) is 0.897. The Labute approximate surface area is 136 Å². The van der Waals surface area contributed by atoms with Crippen LogP contribution in [0.3, 0.4) is 0 Å². The summed E-state index contributed by atoms with van der Waals surface area (Å²) < 4.78 is 33.9. The number of imidazole rings is 1. The normalized spacial score (nSPS) is 22.5. The fourth-order valence-corrected chi connectivity index (χ4v) is 4.48. The fraction of sp³-hybridized carbons (Fsp3) is 0.467. The first-order chi connectivity index (χ1) is 11.0. The second-order valence-corrected chi connectivity index (χ2v) is 7.66. The zero-order chi connectivity index (χ0) is 16.4. The van der Waals surface area contributed by atoms with E-state index in [1.165, 1.54) is 16.8 Å². The molecule has 23 heavy (non-hydrogen) atoms. The molecule has 0 saturated carbocycles. The largest absolute Gasteiger partial charge is 0.384 e. The quantitative estimate of drug-likeness (QED) is 0.809. The van der Waals surface area contributed by atoms with Gasteiger partial charge in [0.15, 0.2) is 5.03 Å². The third kappa shape index (κ3) is 3.15. The van der Waals surface area contributed by atoms with Crippen LogP contribution >= 0.6 is 0 Å². The number of methoxy groups -OCH3 is 1. The highest BCUT2D eigenvalue weighted by Gasteiger charge is 2.41. The lowest BCUT2D eigenvalue weighted by Crippen LogP contribution is -2.29. The predicted molar refractivity (Wildman–Crippen MR) is 84.3 cm³/mol. The summed E-state index contributed by atoms with van der Waals surface area (Å²) >= 11 is 0. The van der Waals surface area contributed by atoms with Crippen LogP contribution in [-0.4, -0.2) is 54.1 Å². The summed E-state index contributed by atoms with van der Waals surface area (Å²) in [5, 5.41) is 0.0813. The number of aryl methyl sites for hydroxylation is 1. The van der Waals surface area contributed by atoms with Crippen LogP contribution in [0.2, 0.25) is 0 Å². The second kappa shape index (κ2) is 6.38. The van der Waals surface area contributed by atoms with Gasteiger partial charge in [-0.1, -0.05) is 6.07 Å². The number of hydrogen-bond acceptors (Lipinski definition) is 5. The molecule has 1 aliphatic rings. The Kier molecular flexibility index (Phi) is 4.47. The zero-order valence-corrected chi connectivity index (χ0v) is 14.0. The minimum Gasteiger partial charge on any atom is -0.384 e. The van der Waals surface area contributed by atoms with E-state index in [2.05, 4.69) is 9.97 Å². The van der Waals surface area contributed by atoms with Crippen LogP contribution in [0.1, 0.15) is 11.6 Å². The van der Waals surface area contributed by atoms with Gasteiger partial charge in [-0.2, -0.15) is 4.31 Å². The van der Waals surface area contributed by atoms with E-state index >= 15 is 0 Å². The van der Waals surface area contributed by atoms with Gasteiger partial charge < -0.3 is 9.30 Å². The number of aromatic nitrogens is 3. The molecule has 7 nitrogen and oxygen atoms in total. The maximum absolute atomic E-state index is 12.8. The molecule has 0 radical (unpaired) electrons. The van der Waals surface area contributed by atoms with Crippen molar-refractivity contribution in [3.8, 4) is 0 Å². The summed E-state index contributed by atoms with van der Waals surface area (Å²) in [6.45, 7) is 1.30. The Bertz CT molecular complexity index is 760. The molecular formula is C15H20N4O3S. The van der Waals surface area contributed by atoms with Crippen molar-refractivity contribution in [2.24, 2.45) is 13.0 Å². The highest BCUT2D eigenvalue weighted by molar-refractivity contribution is 7.89. The summed E-state index contributed by atoms with van der Waals surface area (Å²) in [6.07, 6.45) is 4.75. The smallest absolute Gasteiger partial charge is 0.262 e. The molecule has 2 aromatic rings. The van der Waals surface area contributed by atoms with E-state index < -0.39 is 10.0 Å². The van der Waals surface area contributed by atoms with Crippen molar-refractivity contribution in [1.29, 1.82) is 0 Å². The van der Waals surface area contributed by atoms with E-state index in [9.17, 15) is 8.42 Å². The molecule has 1 saturated heterocycles. The van der Waals surface area contributed by atoms with Crippen LogP contribution in [0.5, 0.6) is 0 Å². The van der Waals surface area contributed by atoms with Gasteiger partial charge >= 0.3 is 0 Å². The molecule has 2 aromatic heterocycles. The van der Waals surface area contributed by atoms with Crippen LogP contribution in [0.15, 0.2) is 41.9 Å². The SMILES string of the molecule is COC[C@@H]1CN(S(=O)(=O)c2cn(C)cn2)C[C@H]1c1ccccn1. The van der Waals surface area contributed by atoms with Gasteiger partial charge in [0.25, 0.3) is 10.0 Å². The standard InChI is InChI=1S/C15H20N4O3S/c1-18-9-15(17-11-18)23(20,21)19-7-12(10-22-2)13(8-19)14-5-3-4-6-16-14/h3-6,9,11-13H,7-8,10H2,1-2H3/t12-,13+/m0/s1. The molecule has 2 atom stereocenters. The Hall–Kier alpha value is -1.77. The average Bonchev–Trinajstić information content (AvgIpc) is 3.16. The van der Waals surface area contributed by atoms with Crippen molar-refractivity contribution in [3.05, 3.63) is 42.6 Å². The molecule has 124 valence electrons. The molecule has 3 heterocycles. The molecule has 0 amide bonds. The van der Waals surface area contributed by atoms with Gasteiger partial charge in [0.2, 0.25) is 0 Å². The lowest BCUT2D eigenvalue weighted by Gasteiger charge is -2.16. The van der Waals surface area contributed by atoms with E-state index in [1.54, 1.807) is 24.9 Å². The van der Waals surface area contributed by atoms with Crippen molar-refractivity contribution in [2.75, 3.05) is 26.8 Å². The van der Waals surface area contributed by atoms with E-state index in [0.717, 1.165) is 5.69 Å². The Morgan fingerprint density at radius 2 is 2.13 bits per heavy atom. The predicted octanol–water partition coefficient (Wildman–Crippen LogP) is 0.866. The summed E-state index contributed by atoms with van der Waals surface area (Å²) in [5.74, 6) is 0.100. The number of pyridine rings is 1. The highest BCUT2D eigenvalue weighted by atomic mass is 32.2. The molecule has 0 aliphatic carbocycles. The van der Waals surface area contributed by atoms with Crippen molar-refractivity contribution in [2.45, 2.75) is 10.9 Å². The van der Waals surface area contributed by atoms with Gasteiger partial charge in [0, 0.05) is 57.2 Å². The van der Waals surface area contributed by atoms with E-state index in [-0.39, 0.29) is 16.9 Å². The molecular weight excluding hydrogens is 316 g/mol. The summed E-state index contributed by atoms with van der Waals surface area (Å²) in [4.78, 5) is 8.38. The summed E-state index contributed by atoms with van der Waals surface area (Å²) in [7, 11) is -0.211. The van der Waals surface area contributed by atoms with Crippen molar-refractivity contribution >= 4 is 10.0 Å². The molecule has 0 bridgehead atoms. The van der Waals surface area contributed by atoms with Crippen molar-refractivity contribution in [3.63, 3.8) is 0 Å². The van der Waals surface area contributed by atoms with Gasteiger partial charge in [-0.3, -0.25) is 4.98 Å². The molecule has 3 rings (SSSR count). The third-order valence-electron chi connectivity index (χ3n) is 4.14. The third-order valence-corrected chi connectivity index (χ3v) is 5.86. The molecule has 1 aliphatic heterocycles. The first kappa shape index (κ1) is 16.1. The number of nitrogens with zero attached hydrogens (tertiary/aromatic N) is 4. The molecule has 0 unspecified atom stereocenters. The van der Waals surface area contributed by atoms with Gasteiger partial charge in [-0.15, -0.1) is 0 Å². The van der Waals surface area contributed by atoms with Gasteiger partial charge in [0.1, 0.15) is 0 Å². The zero-order valence-electron chi connectivity index (χ0n) is 13.2. The van der Waals surface area contributed by atoms with Crippen LogP contribution in [-0.2, 0) is 21.8 Å². The van der Waals surface area contributed by atoms with Crippen LogP contribution in [0.25, 0.3) is 0 Å². The monoisotopic (exact) mass is 336 g/mol. The van der Waals surface area contributed by atoms with E-state index in [0.29, 0.717) is 19.7 Å².